The van der Waals surface area contributed by atoms with E-state index in [1.165, 1.54) is 42.5 Å². The van der Waals surface area contributed by atoms with Crippen LogP contribution in [0.25, 0.3) is 0 Å². The minimum Gasteiger partial charge on any atom is -0.508 e. The predicted molar refractivity (Wildman–Crippen MR) is 133 cm³/mol. The third-order valence-corrected chi connectivity index (χ3v) is 6.65. The van der Waals surface area contributed by atoms with Gasteiger partial charge in [-0.2, -0.15) is 12.7 Å². The molecular weight excluding hydrogens is 580 g/mol. The molecule has 0 atom stereocenters. The molecule has 174 valence electrons. The Labute approximate surface area is 208 Å². The fourth-order valence-electron chi connectivity index (χ4n) is 3.04. The van der Waals surface area contributed by atoms with E-state index in [0.29, 0.717) is 31.7 Å². The van der Waals surface area contributed by atoms with Gasteiger partial charge < -0.3 is 15.6 Å². The number of halogens is 2. The zero-order valence-electron chi connectivity index (χ0n) is 17.5. The van der Waals surface area contributed by atoms with E-state index in [9.17, 15) is 22.9 Å². The molecule has 0 bridgehead atoms. The molecule has 0 saturated carbocycles. The number of aromatic hydroxyl groups is 1. The maximum Gasteiger partial charge on any atom is 0.366 e. The second-order valence-electron chi connectivity index (χ2n) is 7.39. The lowest BCUT2D eigenvalue weighted by Crippen LogP contribution is -2.36. The van der Waals surface area contributed by atoms with Gasteiger partial charge in [0.25, 0.3) is 5.91 Å². The molecule has 0 aliphatic carbocycles. The van der Waals surface area contributed by atoms with E-state index in [1.807, 2.05) is 13.8 Å². The standard InChI is InChI=1S/C22H20Br2N2O6S/c1-12(2)17-11-16(7-8-20(17)27)32-21-18(23)9-13(10-19(21)24)22(28)26(33(29,30)31)15-5-3-14(25)4-6-15/h3-12,27H,25H2,1-2H3,(H,29,30,31). The van der Waals surface area contributed by atoms with E-state index >= 15 is 0 Å². The van der Waals surface area contributed by atoms with E-state index < -0.39 is 16.2 Å². The Hall–Kier alpha value is -2.60. The molecular formula is C22H20Br2N2O6S. The van der Waals surface area contributed by atoms with Gasteiger partial charge in [0.2, 0.25) is 0 Å². The quantitative estimate of drug-likeness (QED) is 0.239. The Balaban J connectivity index is 1.98. The highest BCUT2D eigenvalue weighted by Gasteiger charge is 2.29. The molecule has 0 fully saturated rings. The van der Waals surface area contributed by atoms with Gasteiger partial charge in [-0.3, -0.25) is 9.35 Å². The average Bonchev–Trinajstić information content (AvgIpc) is 2.72. The third-order valence-electron chi connectivity index (χ3n) is 4.63. The van der Waals surface area contributed by atoms with Crippen LogP contribution in [0.1, 0.15) is 35.7 Å². The maximum absolute atomic E-state index is 13.1. The van der Waals surface area contributed by atoms with Crippen molar-refractivity contribution in [2.24, 2.45) is 0 Å². The second-order valence-corrected chi connectivity index (χ2v) is 10.4. The molecule has 3 aromatic carbocycles. The SMILES string of the molecule is CC(C)c1cc(Oc2c(Br)cc(C(=O)N(c3ccc(N)cc3)S(=O)(=O)O)cc2Br)ccc1O. The van der Waals surface area contributed by atoms with Crippen LogP contribution in [0.2, 0.25) is 0 Å². The largest absolute Gasteiger partial charge is 0.508 e. The van der Waals surface area contributed by atoms with Gasteiger partial charge in [-0.05, 0) is 92.4 Å². The van der Waals surface area contributed by atoms with Crippen LogP contribution in [0.4, 0.5) is 11.4 Å². The summed E-state index contributed by atoms with van der Waals surface area (Å²) in [5.74, 6) is 0.0303. The monoisotopic (exact) mass is 598 g/mol. The predicted octanol–water partition coefficient (Wildman–Crippen LogP) is 5.86. The number of amides is 1. The molecule has 4 N–H and O–H groups in total. The number of carbonyl (C=O) groups excluding carboxylic acids is 1. The summed E-state index contributed by atoms with van der Waals surface area (Å²) < 4.78 is 40.6. The number of anilines is 2. The lowest BCUT2D eigenvalue weighted by molar-refractivity contribution is 0.100. The number of hydrogen-bond acceptors (Lipinski definition) is 6. The van der Waals surface area contributed by atoms with Crippen molar-refractivity contribution >= 4 is 59.4 Å². The number of nitrogen functional groups attached to an aromatic ring is 1. The Kier molecular flexibility index (Phi) is 7.37. The van der Waals surface area contributed by atoms with E-state index in [4.69, 9.17) is 10.5 Å². The highest BCUT2D eigenvalue weighted by atomic mass is 79.9. The summed E-state index contributed by atoms with van der Waals surface area (Å²) in [6.45, 7) is 3.88. The van der Waals surface area contributed by atoms with E-state index in [2.05, 4.69) is 31.9 Å². The van der Waals surface area contributed by atoms with E-state index in [0.717, 1.165) is 0 Å². The van der Waals surface area contributed by atoms with Gasteiger partial charge in [-0.1, -0.05) is 13.8 Å². The highest BCUT2D eigenvalue weighted by molar-refractivity contribution is 9.11. The van der Waals surface area contributed by atoms with E-state index in [1.54, 1.807) is 12.1 Å². The van der Waals surface area contributed by atoms with Crippen molar-refractivity contribution in [1.82, 2.24) is 0 Å². The summed E-state index contributed by atoms with van der Waals surface area (Å²) in [6, 6.07) is 13.0. The van der Waals surface area contributed by atoms with E-state index in [-0.39, 0.29) is 27.2 Å². The van der Waals surface area contributed by atoms with Gasteiger partial charge >= 0.3 is 10.3 Å². The van der Waals surface area contributed by atoms with Gasteiger partial charge in [-0.25, -0.2) is 0 Å². The summed E-state index contributed by atoms with van der Waals surface area (Å²) >= 11 is 6.69. The molecule has 0 radical (unpaired) electrons. The summed E-state index contributed by atoms with van der Waals surface area (Å²) in [6.07, 6.45) is 0. The van der Waals surface area contributed by atoms with Crippen molar-refractivity contribution in [3.05, 3.63) is 74.7 Å². The highest BCUT2D eigenvalue weighted by Crippen LogP contribution is 2.40. The zero-order valence-corrected chi connectivity index (χ0v) is 21.5. The molecule has 0 heterocycles. The number of benzene rings is 3. The number of nitrogens with zero attached hydrogens (tertiary/aromatic N) is 1. The number of rotatable bonds is 6. The average molecular weight is 600 g/mol. The van der Waals surface area contributed by atoms with Gasteiger partial charge in [0.15, 0.2) is 5.75 Å². The molecule has 0 aliphatic heterocycles. The fraction of sp³-hybridized carbons (Fsp3) is 0.136. The van der Waals surface area contributed by atoms with Gasteiger partial charge in [0.1, 0.15) is 11.5 Å². The topological polar surface area (TPSA) is 130 Å². The van der Waals surface area contributed by atoms with Crippen LogP contribution in [0, 0.1) is 0 Å². The van der Waals surface area contributed by atoms with Crippen LogP contribution in [-0.4, -0.2) is 24.0 Å². The summed E-state index contributed by atoms with van der Waals surface area (Å²) in [5, 5.41) is 10.0. The number of hydrogen-bond donors (Lipinski definition) is 3. The number of ether oxygens (including phenoxy) is 1. The first-order valence-electron chi connectivity index (χ1n) is 9.56. The Bertz CT molecular complexity index is 1290. The fourth-order valence-corrected chi connectivity index (χ4v) is 5.09. The maximum atomic E-state index is 13.1. The number of phenols is 1. The van der Waals surface area contributed by atoms with Crippen LogP contribution < -0.4 is 14.8 Å². The number of phenolic OH excluding ortho intramolecular Hbond substituents is 1. The summed E-state index contributed by atoms with van der Waals surface area (Å²) in [5.41, 5.74) is 6.58. The normalized spacial score (nSPS) is 11.5. The number of nitrogens with two attached hydrogens (primary N) is 1. The van der Waals surface area contributed by atoms with Crippen molar-refractivity contribution in [1.29, 1.82) is 0 Å². The molecule has 1 amide bonds. The second kappa shape index (κ2) is 9.72. The van der Waals surface area contributed by atoms with Crippen molar-refractivity contribution in [3.63, 3.8) is 0 Å². The van der Waals surface area contributed by atoms with Crippen LogP contribution in [-0.2, 0) is 10.3 Å². The lowest BCUT2D eigenvalue weighted by Gasteiger charge is -2.20. The Morgan fingerprint density at radius 1 is 1.03 bits per heavy atom. The molecule has 0 unspecified atom stereocenters. The van der Waals surface area contributed by atoms with Crippen molar-refractivity contribution in [2.75, 3.05) is 10.0 Å². The molecule has 11 heteroatoms. The molecule has 0 aromatic heterocycles. The summed E-state index contributed by atoms with van der Waals surface area (Å²) in [7, 11) is -4.92. The van der Waals surface area contributed by atoms with Crippen molar-refractivity contribution in [3.8, 4) is 17.2 Å². The first kappa shape index (κ1) is 25.0. The molecule has 3 aromatic rings. The third kappa shape index (κ3) is 5.67. The zero-order chi connectivity index (χ0) is 24.5. The molecule has 3 rings (SSSR count). The smallest absolute Gasteiger partial charge is 0.366 e. The minimum absolute atomic E-state index is 0.0378. The minimum atomic E-state index is -4.92. The number of carbonyl (C=O) groups is 1. The van der Waals surface area contributed by atoms with Crippen LogP contribution >= 0.6 is 31.9 Å². The van der Waals surface area contributed by atoms with Gasteiger partial charge in [-0.15, -0.1) is 0 Å². The Morgan fingerprint density at radius 3 is 2.12 bits per heavy atom. The van der Waals surface area contributed by atoms with Crippen LogP contribution in [0.15, 0.2) is 63.5 Å². The molecule has 8 nitrogen and oxygen atoms in total. The van der Waals surface area contributed by atoms with Crippen molar-refractivity contribution in [2.45, 2.75) is 19.8 Å². The first-order valence-corrected chi connectivity index (χ1v) is 12.5. The first-order chi connectivity index (χ1) is 15.4. The molecule has 0 spiro atoms. The molecule has 0 saturated heterocycles. The lowest BCUT2D eigenvalue weighted by atomic mass is 10.0. The van der Waals surface area contributed by atoms with Crippen molar-refractivity contribution < 1.29 is 27.6 Å². The molecule has 33 heavy (non-hydrogen) atoms. The Morgan fingerprint density at radius 2 is 1.61 bits per heavy atom. The van der Waals surface area contributed by atoms with Crippen LogP contribution in [0.3, 0.4) is 0 Å². The summed E-state index contributed by atoms with van der Waals surface area (Å²) in [4.78, 5) is 13.1. The van der Waals surface area contributed by atoms with Gasteiger partial charge in [0.05, 0.1) is 14.6 Å². The van der Waals surface area contributed by atoms with Gasteiger partial charge in [0, 0.05) is 16.8 Å². The van der Waals surface area contributed by atoms with Crippen LogP contribution in [0.5, 0.6) is 17.2 Å². The molecule has 0 aliphatic rings.